The van der Waals surface area contributed by atoms with Crippen molar-refractivity contribution >= 4 is 38.3 Å². The second kappa shape index (κ2) is 7.57. The van der Waals surface area contributed by atoms with Gasteiger partial charge in [0.1, 0.15) is 11.6 Å². The van der Waals surface area contributed by atoms with Crippen LogP contribution in [0.1, 0.15) is 18.7 Å². The number of halogens is 2. The maximum Gasteiger partial charge on any atom is 0.165 e. The minimum absolute atomic E-state index is 0.0575. The van der Waals surface area contributed by atoms with Crippen LogP contribution in [-0.4, -0.2) is 50.8 Å². The van der Waals surface area contributed by atoms with Crippen molar-refractivity contribution in [3.05, 3.63) is 52.6 Å². The summed E-state index contributed by atoms with van der Waals surface area (Å²) in [6.45, 7) is 5.21. The van der Waals surface area contributed by atoms with E-state index < -0.39 is 0 Å². The zero-order valence-corrected chi connectivity index (χ0v) is 17.9. The van der Waals surface area contributed by atoms with Crippen molar-refractivity contribution in [2.75, 3.05) is 32.0 Å². The van der Waals surface area contributed by atoms with E-state index in [1.54, 1.807) is 23.0 Å². The number of nitrogens with two attached hydrogens (primary N) is 1. The van der Waals surface area contributed by atoms with Crippen molar-refractivity contribution < 1.29 is 9.13 Å². The lowest BCUT2D eigenvalue weighted by Gasteiger charge is -2.32. The Labute approximate surface area is 180 Å². The molecule has 0 amide bonds. The number of benzene rings is 1. The smallest absolute Gasteiger partial charge is 0.165 e. The van der Waals surface area contributed by atoms with E-state index in [0.29, 0.717) is 24.7 Å². The topological polar surface area (TPSA) is 81.6 Å². The average molecular weight is 471 g/mol. The molecule has 3 aromatic heterocycles. The van der Waals surface area contributed by atoms with Gasteiger partial charge in [0.15, 0.2) is 5.65 Å². The molecule has 1 unspecified atom stereocenters. The molecule has 4 aromatic rings. The molecule has 30 heavy (non-hydrogen) atoms. The summed E-state index contributed by atoms with van der Waals surface area (Å²) in [5.74, 6) is 0.190. The number of ether oxygens (including phenoxy) is 1. The molecule has 0 aliphatic carbocycles. The highest BCUT2D eigenvalue weighted by atomic mass is 79.9. The summed E-state index contributed by atoms with van der Waals surface area (Å²) < 4.78 is 21.5. The van der Waals surface area contributed by atoms with Gasteiger partial charge in [0.05, 0.1) is 41.1 Å². The first kappa shape index (κ1) is 19.3. The molecule has 2 N–H and O–H groups in total. The highest BCUT2D eigenvalue weighted by molar-refractivity contribution is 9.10. The van der Waals surface area contributed by atoms with E-state index >= 15 is 0 Å². The van der Waals surface area contributed by atoms with E-state index in [1.165, 1.54) is 12.1 Å². The number of fused-ring (bicyclic) bond motifs is 2. The summed E-state index contributed by atoms with van der Waals surface area (Å²) in [4.78, 5) is 11.7. The van der Waals surface area contributed by atoms with Crippen LogP contribution in [-0.2, 0) is 4.74 Å². The third kappa shape index (κ3) is 3.23. The third-order valence-corrected chi connectivity index (χ3v) is 6.40. The average Bonchev–Trinajstić information content (AvgIpc) is 3.20. The van der Waals surface area contributed by atoms with Crippen LogP contribution in [0, 0.1) is 5.82 Å². The van der Waals surface area contributed by atoms with Gasteiger partial charge in [-0.1, -0.05) is 0 Å². The first-order chi connectivity index (χ1) is 14.5. The zero-order chi connectivity index (χ0) is 20.8. The molecule has 1 saturated heterocycles. The molecule has 1 aromatic carbocycles. The van der Waals surface area contributed by atoms with Crippen LogP contribution in [0.4, 0.5) is 10.2 Å². The Morgan fingerprint density at radius 1 is 1.20 bits per heavy atom. The minimum Gasteiger partial charge on any atom is -0.383 e. The van der Waals surface area contributed by atoms with Crippen molar-refractivity contribution in [1.29, 1.82) is 0 Å². The fourth-order valence-electron chi connectivity index (χ4n) is 3.88. The summed E-state index contributed by atoms with van der Waals surface area (Å²) >= 11 is 3.61. The van der Waals surface area contributed by atoms with E-state index in [9.17, 15) is 4.39 Å². The Kier molecular flexibility index (Phi) is 4.88. The van der Waals surface area contributed by atoms with Crippen LogP contribution in [0.15, 0.2) is 41.1 Å². The zero-order valence-electron chi connectivity index (χ0n) is 16.3. The monoisotopic (exact) mass is 470 g/mol. The number of aromatic nitrogens is 4. The van der Waals surface area contributed by atoms with Crippen LogP contribution in [0.5, 0.6) is 0 Å². The highest BCUT2D eigenvalue weighted by Gasteiger charge is 2.25. The number of nitrogen functional groups attached to an aromatic ring is 1. The number of morpholine rings is 1. The number of hydrogen-bond acceptors (Lipinski definition) is 6. The number of pyridine rings is 1. The number of hydrogen-bond donors (Lipinski definition) is 1. The molecule has 0 spiro atoms. The molecule has 1 aliphatic rings. The Morgan fingerprint density at radius 2 is 2.00 bits per heavy atom. The van der Waals surface area contributed by atoms with Crippen molar-refractivity contribution in [3.8, 4) is 11.1 Å². The van der Waals surface area contributed by atoms with Crippen LogP contribution in [0.2, 0.25) is 0 Å². The molecule has 5 rings (SSSR count). The van der Waals surface area contributed by atoms with Gasteiger partial charge < -0.3 is 10.5 Å². The summed E-state index contributed by atoms with van der Waals surface area (Å²) in [5, 5.41) is 5.15. The molecule has 1 atom stereocenters. The van der Waals surface area contributed by atoms with Crippen molar-refractivity contribution in [2.45, 2.75) is 13.0 Å². The molecular weight excluding hydrogens is 451 g/mol. The normalized spacial score (nSPS) is 16.4. The van der Waals surface area contributed by atoms with Crippen LogP contribution in [0.25, 0.3) is 27.7 Å². The van der Waals surface area contributed by atoms with Crippen molar-refractivity contribution in [1.82, 2.24) is 24.5 Å². The van der Waals surface area contributed by atoms with Gasteiger partial charge in [-0.2, -0.15) is 9.61 Å². The first-order valence-corrected chi connectivity index (χ1v) is 10.5. The quantitative estimate of drug-likeness (QED) is 0.490. The fourth-order valence-corrected chi connectivity index (χ4v) is 4.47. The summed E-state index contributed by atoms with van der Waals surface area (Å²) in [5.41, 5.74) is 10.2. The van der Waals surface area contributed by atoms with Gasteiger partial charge in [0, 0.05) is 35.8 Å². The maximum absolute atomic E-state index is 13.7. The van der Waals surface area contributed by atoms with E-state index in [0.717, 1.165) is 45.3 Å². The Hall–Kier alpha value is -2.62. The lowest BCUT2D eigenvalue weighted by atomic mass is 10.1. The lowest BCUT2D eigenvalue weighted by molar-refractivity contribution is 0.0189. The largest absolute Gasteiger partial charge is 0.383 e. The van der Waals surface area contributed by atoms with Crippen LogP contribution in [0.3, 0.4) is 0 Å². The molecule has 7 nitrogen and oxygen atoms in total. The first-order valence-electron chi connectivity index (χ1n) is 9.73. The van der Waals surface area contributed by atoms with E-state index in [2.05, 4.69) is 37.8 Å². The van der Waals surface area contributed by atoms with Gasteiger partial charge in [0.25, 0.3) is 0 Å². The second-order valence-electron chi connectivity index (χ2n) is 7.38. The summed E-state index contributed by atoms with van der Waals surface area (Å²) in [6.07, 6.45) is 3.47. The van der Waals surface area contributed by atoms with Gasteiger partial charge >= 0.3 is 0 Å². The molecule has 9 heteroatoms. The predicted molar refractivity (Wildman–Crippen MR) is 117 cm³/mol. The van der Waals surface area contributed by atoms with Crippen LogP contribution >= 0.6 is 15.9 Å². The van der Waals surface area contributed by atoms with Crippen LogP contribution < -0.4 is 5.73 Å². The summed E-state index contributed by atoms with van der Waals surface area (Å²) in [6, 6.07) is 6.50. The van der Waals surface area contributed by atoms with Gasteiger partial charge in [-0.3, -0.25) is 9.88 Å². The number of nitrogens with zero attached hydrogens (tertiary/aromatic N) is 5. The maximum atomic E-state index is 13.7. The van der Waals surface area contributed by atoms with Gasteiger partial charge in [-0.25, -0.2) is 9.37 Å². The van der Waals surface area contributed by atoms with Gasteiger partial charge in [-0.05, 0) is 47.1 Å². The Balaban J connectivity index is 1.64. The molecule has 0 radical (unpaired) electrons. The fraction of sp³-hybridized carbons (Fsp3) is 0.286. The van der Waals surface area contributed by atoms with E-state index in [4.69, 9.17) is 15.5 Å². The van der Waals surface area contributed by atoms with Gasteiger partial charge in [-0.15, -0.1) is 0 Å². The molecule has 154 valence electrons. The Morgan fingerprint density at radius 3 is 2.80 bits per heavy atom. The predicted octanol–water partition coefficient (Wildman–Crippen LogP) is 3.82. The molecule has 1 aliphatic heterocycles. The number of anilines is 1. The van der Waals surface area contributed by atoms with Gasteiger partial charge in [0.2, 0.25) is 0 Å². The SMILES string of the molecule is CC(c1nc2c(-c3cnc4ccc(F)cc4c3)cnn2c(N)c1Br)N1CCOCC1. The highest BCUT2D eigenvalue weighted by Crippen LogP contribution is 2.34. The molecular formula is C21H20BrFN6O. The molecule has 0 saturated carbocycles. The minimum atomic E-state index is -0.297. The third-order valence-electron chi connectivity index (χ3n) is 5.59. The standard InChI is InChI=1S/C21H20BrFN6O/c1-12(28-4-6-30-7-5-28)19-18(22)20(24)29-21(27-19)16(11-26-29)14-8-13-9-15(23)2-3-17(13)25-10-14/h2-3,8-12H,4-7,24H2,1H3. The van der Waals surface area contributed by atoms with Crippen molar-refractivity contribution in [2.24, 2.45) is 0 Å². The van der Waals surface area contributed by atoms with E-state index in [-0.39, 0.29) is 11.9 Å². The lowest BCUT2D eigenvalue weighted by Crippen LogP contribution is -2.38. The summed E-state index contributed by atoms with van der Waals surface area (Å²) in [7, 11) is 0. The molecule has 4 heterocycles. The Bertz CT molecular complexity index is 1250. The second-order valence-corrected chi connectivity index (χ2v) is 8.17. The van der Waals surface area contributed by atoms with Crippen molar-refractivity contribution in [3.63, 3.8) is 0 Å². The number of rotatable bonds is 3. The van der Waals surface area contributed by atoms with E-state index in [1.807, 2.05) is 6.07 Å². The molecule has 0 bridgehead atoms. The molecule has 1 fully saturated rings.